The molecule has 1 fully saturated rings. The second kappa shape index (κ2) is 7.50. The Morgan fingerprint density at radius 1 is 1.07 bits per heavy atom. The smallest absolute Gasteiger partial charge is 0.265 e. The summed E-state index contributed by atoms with van der Waals surface area (Å²) < 4.78 is 1.09. The van der Waals surface area contributed by atoms with Crippen LogP contribution < -0.4 is 10.6 Å². The van der Waals surface area contributed by atoms with Gasteiger partial charge < -0.3 is 15.5 Å². The van der Waals surface area contributed by atoms with Gasteiger partial charge in [0.05, 0.1) is 4.88 Å². The Morgan fingerprint density at radius 3 is 2.59 bits per heavy atom. The van der Waals surface area contributed by atoms with Crippen LogP contribution in [0.5, 0.6) is 0 Å². The second-order valence-electron chi connectivity index (χ2n) is 6.67. The normalized spacial score (nSPS) is 14.3. The third kappa shape index (κ3) is 3.72. The van der Waals surface area contributed by atoms with E-state index in [1.165, 1.54) is 11.3 Å². The molecule has 2 heterocycles. The van der Waals surface area contributed by atoms with Crippen LogP contribution in [-0.2, 0) is 0 Å². The Balaban J connectivity index is 1.50. The van der Waals surface area contributed by atoms with Crippen LogP contribution in [0.1, 0.15) is 25.6 Å². The van der Waals surface area contributed by atoms with Gasteiger partial charge >= 0.3 is 0 Å². The molecular weight excluding hydrogens is 358 g/mol. The first kappa shape index (κ1) is 17.7. The van der Waals surface area contributed by atoms with E-state index in [4.69, 9.17) is 0 Å². The van der Waals surface area contributed by atoms with E-state index >= 15 is 0 Å². The van der Waals surface area contributed by atoms with Crippen LogP contribution in [0.4, 0.5) is 5.69 Å². The molecular formula is C21H21N3O2S. The Kier molecular flexibility index (Phi) is 4.92. The van der Waals surface area contributed by atoms with Gasteiger partial charge in [-0.2, -0.15) is 0 Å². The Hall–Kier alpha value is -2.70. The maximum absolute atomic E-state index is 12.6. The first-order chi connectivity index (χ1) is 13.1. The minimum Gasteiger partial charge on any atom is -0.336 e. The maximum atomic E-state index is 12.6. The van der Waals surface area contributed by atoms with Gasteiger partial charge in [0.1, 0.15) is 0 Å². The van der Waals surface area contributed by atoms with Crippen LogP contribution in [0, 0.1) is 6.92 Å². The SMILES string of the molecule is Cc1cc(C(=O)N2CCNCC2)ccc1NC(=O)c1cc2ccccc2s1. The lowest BCUT2D eigenvalue weighted by Gasteiger charge is -2.27. The molecule has 0 bridgehead atoms. The number of benzene rings is 2. The molecule has 4 rings (SSSR count). The molecule has 1 saturated heterocycles. The van der Waals surface area contributed by atoms with E-state index < -0.39 is 0 Å². The van der Waals surface area contributed by atoms with E-state index in [9.17, 15) is 9.59 Å². The van der Waals surface area contributed by atoms with Crippen LogP contribution in [-0.4, -0.2) is 42.9 Å². The number of carbonyl (C=O) groups excluding carboxylic acids is 2. The number of rotatable bonds is 3. The molecule has 0 aliphatic carbocycles. The quantitative estimate of drug-likeness (QED) is 0.732. The fourth-order valence-corrected chi connectivity index (χ4v) is 4.22. The number of carbonyl (C=O) groups is 2. The molecule has 0 radical (unpaired) electrons. The van der Waals surface area contributed by atoms with Crippen LogP contribution in [0.15, 0.2) is 48.5 Å². The summed E-state index contributed by atoms with van der Waals surface area (Å²) in [5.74, 6) is -0.0811. The first-order valence-electron chi connectivity index (χ1n) is 9.02. The van der Waals surface area contributed by atoms with Gasteiger partial charge in [-0.3, -0.25) is 9.59 Å². The van der Waals surface area contributed by atoms with E-state index in [1.807, 2.05) is 54.3 Å². The van der Waals surface area contributed by atoms with Crippen molar-refractivity contribution < 1.29 is 9.59 Å². The summed E-state index contributed by atoms with van der Waals surface area (Å²) in [5, 5.41) is 7.29. The zero-order chi connectivity index (χ0) is 18.8. The molecule has 5 nitrogen and oxygen atoms in total. The topological polar surface area (TPSA) is 61.4 Å². The molecule has 3 aromatic rings. The van der Waals surface area contributed by atoms with E-state index in [-0.39, 0.29) is 11.8 Å². The number of aryl methyl sites for hydroxylation is 1. The largest absolute Gasteiger partial charge is 0.336 e. The Bertz CT molecular complexity index is 973. The highest BCUT2D eigenvalue weighted by Gasteiger charge is 2.19. The summed E-state index contributed by atoms with van der Waals surface area (Å²) in [6.07, 6.45) is 0. The highest BCUT2D eigenvalue weighted by Crippen LogP contribution is 2.26. The summed E-state index contributed by atoms with van der Waals surface area (Å²) >= 11 is 1.48. The summed E-state index contributed by atoms with van der Waals surface area (Å²) in [6.45, 7) is 5.02. The van der Waals surface area contributed by atoms with Crippen LogP contribution in [0.3, 0.4) is 0 Å². The summed E-state index contributed by atoms with van der Waals surface area (Å²) in [5.41, 5.74) is 2.27. The van der Waals surface area contributed by atoms with E-state index in [0.717, 1.165) is 47.5 Å². The number of thiophene rings is 1. The lowest BCUT2D eigenvalue weighted by molar-refractivity contribution is 0.0735. The number of hydrogen-bond acceptors (Lipinski definition) is 4. The fourth-order valence-electron chi connectivity index (χ4n) is 3.27. The van der Waals surface area contributed by atoms with Gasteiger partial charge in [0.25, 0.3) is 11.8 Å². The zero-order valence-corrected chi connectivity index (χ0v) is 15.9. The first-order valence-corrected chi connectivity index (χ1v) is 9.84. The second-order valence-corrected chi connectivity index (χ2v) is 7.76. The summed E-state index contributed by atoms with van der Waals surface area (Å²) in [7, 11) is 0. The maximum Gasteiger partial charge on any atom is 0.265 e. The molecule has 2 N–H and O–H groups in total. The predicted octanol–water partition coefficient (Wildman–Crippen LogP) is 3.51. The van der Waals surface area contributed by atoms with Crippen LogP contribution in [0.25, 0.3) is 10.1 Å². The third-order valence-electron chi connectivity index (χ3n) is 4.78. The molecule has 1 aromatic heterocycles. The van der Waals surface area contributed by atoms with Crippen molar-refractivity contribution >= 4 is 38.9 Å². The van der Waals surface area contributed by atoms with E-state index in [0.29, 0.717) is 10.4 Å². The number of anilines is 1. The number of nitrogens with one attached hydrogen (secondary N) is 2. The average molecular weight is 379 g/mol. The van der Waals surface area contributed by atoms with Crippen molar-refractivity contribution in [2.75, 3.05) is 31.5 Å². The number of hydrogen-bond donors (Lipinski definition) is 2. The van der Waals surface area contributed by atoms with Crippen molar-refractivity contribution in [2.24, 2.45) is 0 Å². The number of fused-ring (bicyclic) bond motifs is 1. The van der Waals surface area contributed by atoms with Crippen molar-refractivity contribution in [1.29, 1.82) is 0 Å². The lowest BCUT2D eigenvalue weighted by atomic mass is 10.1. The van der Waals surface area contributed by atoms with Gasteiger partial charge in [-0.15, -0.1) is 11.3 Å². The van der Waals surface area contributed by atoms with Crippen molar-refractivity contribution in [2.45, 2.75) is 6.92 Å². The number of piperazine rings is 1. The summed E-state index contributed by atoms with van der Waals surface area (Å²) in [4.78, 5) is 27.8. The highest BCUT2D eigenvalue weighted by atomic mass is 32.1. The molecule has 1 aliphatic heterocycles. The molecule has 6 heteroatoms. The molecule has 2 amide bonds. The van der Waals surface area contributed by atoms with Crippen molar-refractivity contribution in [3.63, 3.8) is 0 Å². The third-order valence-corrected chi connectivity index (χ3v) is 5.89. The minimum atomic E-state index is -0.125. The molecule has 2 aromatic carbocycles. The lowest BCUT2D eigenvalue weighted by Crippen LogP contribution is -2.46. The van der Waals surface area contributed by atoms with E-state index in [2.05, 4.69) is 10.6 Å². The van der Waals surface area contributed by atoms with Crippen molar-refractivity contribution in [3.05, 3.63) is 64.5 Å². The van der Waals surface area contributed by atoms with Crippen molar-refractivity contribution in [1.82, 2.24) is 10.2 Å². The minimum absolute atomic E-state index is 0.0435. The fraction of sp³-hybridized carbons (Fsp3) is 0.238. The van der Waals surface area contributed by atoms with E-state index in [1.54, 1.807) is 6.07 Å². The molecule has 1 aliphatic rings. The average Bonchev–Trinajstić information content (AvgIpc) is 3.14. The molecule has 138 valence electrons. The molecule has 0 spiro atoms. The van der Waals surface area contributed by atoms with Gasteiger partial charge in [-0.1, -0.05) is 18.2 Å². The standard InChI is InChI=1S/C21H21N3O2S/c1-14-12-16(21(26)24-10-8-22-9-11-24)6-7-17(14)23-20(25)19-13-15-4-2-3-5-18(15)27-19/h2-7,12-13,22H,8-11H2,1H3,(H,23,25). The molecule has 0 saturated carbocycles. The van der Waals surface area contributed by atoms with Gasteiger partial charge in [0.2, 0.25) is 0 Å². The van der Waals surface area contributed by atoms with Gasteiger partial charge in [-0.05, 0) is 48.2 Å². The molecule has 0 atom stereocenters. The van der Waals surface area contributed by atoms with Crippen LogP contribution in [0.2, 0.25) is 0 Å². The number of amides is 2. The predicted molar refractivity (Wildman–Crippen MR) is 110 cm³/mol. The number of nitrogens with zero attached hydrogens (tertiary/aromatic N) is 1. The molecule has 27 heavy (non-hydrogen) atoms. The van der Waals surface area contributed by atoms with Gasteiger partial charge in [0, 0.05) is 42.1 Å². The van der Waals surface area contributed by atoms with Gasteiger partial charge in [-0.25, -0.2) is 0 Å². The highest BCUT2D eigenvalue weighted by molar-refractivity contribution is 7.20. The van der Waals surface area contributed by atoms with Crippen molar-refractivity contribution in [3.8, 4) is 0 Å². The Morgan fingerprint density at radius 2 is 1.85 bits per heavy atom. The van der Waals surface area contributed by atoms with Gasteiger partial charge in [0.15, 0.2) is 0 Å². The summed E-state index contributed by atoms with van der Waals surface area (Å²) in [6, 6.07) is 15.3. The Labute approximate surface area is 162 Å². The monoisotopic (exact) mass is 379 g/mol. The molecule has 0 unspecified atom stereocenters. The zero-order valence-electron chi connectivity index (χ0n) is 15.1. The van der Waals surface area contributed by atoms with Crippen LogP contribution >= 0.6 is 11.3 Å².